The number of piperidine rings is 1. The highest BCUT2D eigenvalue weighted by Crippen LogP contribution is 2.22. The van der Waals surface area contributed by atoms with Gasteiger partial charge < -0.3 is 20.3 Å². The van der Waals surface area contributed by atoms with Gasteiger partial charge in [-0.3, -0.25) is 9.59 Å². The van der Waals surface area contributed by atoms with E-state index in [4.69, 9.17) is 0 Å². The number of amides is 1. The molecule has 6 heteroatoms. The molecule has 0 bridgehead atoms. The quantitative estimate of drug-likeness (QED) is 0.812. The van der Waals surface area contributed by atoms with Gasteiger partial charge in [0.05, 0.1) is 5.56 Å². The summed E-state index contributed by atoms with van der Waals surface area (Å²) in [7, 11) is 0. The number of nitrogens with one attached hydrogen (secondary N) is 2. The summed E-state index contributed by atoms with van der Waals surface area (Å²) < 4.78 is 0. The molecule has 1 amide bonds. The Morgan fingerprint density at radius 1 is 1.13 bits per heavy atom. The molecule has 0 unspecified atom stereocenters. The average Bonchev–Trinajstić information content (AvgIpc) is 2.56. The van der Waals surface area contributed by atoms with E-state index in [0.29, 0.717) is 5.69 Å². The summed E-state index contributed by atoms with van der Waals surface area (Å²) in [5, 5.41) is 12.4. The first-order chi connectivity index (χ1) is 11.1. The summed E-state index contributed by atoms with van der Waals surface area (Å²) in [4.78, 5) is 27.9. The van der Waals surface area contributed by atoms with Gasteiger partial charge in [0.25, 0.3) is 11.5 Å². The van der Waals surface area contributed by atoms with E-state index in [-0.39, 0.29) is 11.3 Å². The Morgan fingerprint density at radius 2 is 1.83 bits per heavy atom. The third kappa shape index (κ3) is 3.53. The number of carbonyl (C=O) groups excluding carboxylic acids is 1. The van der Waals surface area contributed by atoms with Crippen LogP contribution in [0.4, 0.5) is 11.4 Å². The Kier molecular flexibility index (Phi) is 4.32. The number of anilines is 2. The third-order valence-electron chi connectivity index (χ3n) is 3.99. The zero-order chi connectivity index (χ0) is 16.2. The van der Waals surface area contributed by atoms with Gasteiger partial charge in [0.1, 0.15) is 5.75 Å². The number of nitrogens with zero attached hydrogens (tertiary/aromatic N) is 1. The summed E-state index contributed by atoms with van der Waals surface area (Å²) in [5.41, 5.74) is 1.37. The molecule has 2 heterocycles. The van der Waals surface area contributed by atoms with Gasteiger partial charge in [-0.15, -0.1) is 0 Å². The predicted molar refractivity (Wildman–Crippen MR) is 89.2 cm³/mol. The second-order valence-electron chi connectivity index (χ2n) is 5.64. The zero-order valence-corrected chi connectivity index (χ0v) is 12.7. The lowest BCUT2D eigenvalue weighted by Crippen LogP contribution is -2.29. The molecule has 1 saturated heterocycles. The SMILES string of the molecule is O=C(Nc1ccc(N2CCCCC2)cc1)c1c[nH]c(=O)cc1O. The van der Waals surface area contributed by atoms with Crippen molar-refractivity contribution in [3.8, 4) is 5.75 Å². The predicted octanol–water partition coefficient (Wildman–Crippen LogP) is 2.32. The maximum atomic E-state index is 12.1. The number of aromatic hydroxyl groups is 1. The molecule has 0 spiro atoms. The van der Waals surface area contributed by atoms with E-state index < -0.39 is 11.5 Å². The number of H-pyrrole nitrogens is 1. The van der Waals surface area contributed by atoms with Crippen molar-refractivity contribution in [1.82, 2.24) is 4.98 Å². The Labute approximate surface area is 133 Å². The van der Waals surface area contributed by atoms with Crippen LogP contribution in [0.1, 0.15) is 29.6 Å². The van der Waals surface area contributed by atoms with Crippen molar-refractivity contribution in [2.24, 2.45) is 0 Å². The minimum Gasteiger partial charge on any atom is -0.507 e. The van der Waals surface area contributed by atoms with Gasteiger partial charge in [0.2, 0.25) is 0 Å². The van der Waals surface area contributed by atoms with Gasteiger partial charge in [-0.05, 0) is 43.5 Å². The molecule has 1 aromatic carbocycles. The Morgan fingerprint density at radius 3 is 2.48 bits per heavy atom. The number of hydrogen-bond donors (Lipinski definition) is 3. The Hall–Kier alpha value is -2.76. The van der Waals surface area contributed by atoms with Crippen molar-refractivity contribution < 1.29 is 9.90 Å². The summed E-state index contributed by atoms with van der Waals surface area (Å²) in [6.45, 7) is 2.13. The van der Waals surface area contributed by atoms with Crippen LogP contribution in [0.25, 0.3) is 0 Å². The molecule has 0 atom stereocenters. The number of benzene rings is 1. The minimum atomic E-state index is -0.468. The van der Waals surface area contributed by atoms with E-state index in [1.54, 1.807) is 0 Å². The molecule has 1 fully saturated rings. The maximum Gasteiger partial charge on any atom is 0.260 e. The van der Waals surface area contributed by atoms with Crippen LogP contribution in [0.15, 0.2) is 41.3 Å². The Bertz CT molecular complexity index is 746. The Balaban J connectivity index is 1.70. The third-order valence-corrected chi connectivity index (χ3v) is 3.99. The highest BCUT2D eigenvalue weighted by Gasteiger charge is 2.13. The highest BCUT2D eigenvalue weighted by atomic mass is 16.3. The van der Waals surface area contributed by atoms with Crippen LogP contribution in [0.2, 0.25) is 0 Å². The second-order valence-corrected chi connectivity index (χ2v) is 5.64. The fraction of sp³-hybridized carbons (Fsp3) is 0.294. The van der Waals surface area contributed by atoms with Crippen LogP contribution in [0, 0.1) is 0 Å². The molecular formula is C17H19N3O3. The first-order valence-electron chi connectivity index (χ1n) is 7.71. The van der Waals surface area contributed by atoms with Gasteiger partial charge in [-0.2, -0.15) is 0 Å². The lowest BCUT2D eigenvalue weighted by atomic mass is 10.1. The van der Waals surface area contributed by atoms with Gasteiger partial charge in [-0.25, -0.2) is 0 Å². The largest absolute Gasteiger partial charge is 0.507 e. The van der Waals surface area contributed by atoms with E-state index >= 15 is 0 Å². The molecular weight excluding hydrogens is 294 g/mol. The number of carbonyl (C=O) groups is 1. The monoisotopic (exact) mass is 313 g/mol. The van der Waals surface area contributed by atoms with Gasteiger partial charge in [0.15, 0.2) is 0 Å². The second kappa shape index (κ2) is 6.56. The smallest absolute Gasteiger partial charge is 0.260 e. The molecule has 23 heavy (non-hydrogen) atoms. The standard InChI is InChI=1S/C17H19N3O3/c21-15-10-16(22)18-11-14(15)17(23)19-12-4-6-13(7-5-12)20-8-2-1-3-9-20/h4-7,10-11H,1-3,8-9H2,(H,19,23)(H2,18,21,22). The van der Waals surface area contributed by atoms with Crippen LogP contribution in [-0.2, 0) is 0 Å². The lowest BCUT2D eigenvalue weighted by Gasteiger charge is -2.28. The first kappa shape index (κ1) is 15.1. The molecule has 120 valence electrons. The van der Waals surface area contributed by atoms with Crippen molar-refractivity contribution in [2.75, 3.05) is 23.3 Å². The van der Waals surface area contributed by atoms with E-state index in [9.17, 15) is 14.7 Å². The van der Waals surface area contributed by atoms with E-state index in [2.05, 4.69) is 15.2 Å². The van der Waals surface area contributed by atoms with Crippen LogP contribution in [0.5, 0.6) is 5.75 Å². The molecule has 1 aliphatic heterocycles. The van der Waals surface area contributed by atoms with E-state index in [1.165, 1.54) is 25.5 Å². The average molecular weight is 313 g/mol. The number of pyridine rings is 1. The molecule has 0 aliphatic carbocycles. The van der Waals surface area contributed by atoms with Crippen molar-refractivity contribution in [1.29, 1.82) is 0 Å². The van der Waals surface area contributed by atoms with Crippen molar-refractivity contribution in [3.63, 3.8) is 0 Å². The number of hydrogen-bond acceptors (Lipinski definition) is 4. The van der Waals surface area contributed by atoms with Gasteiger partial charge in [-0.1, -0.05) is 0 Å². The summed E-state index contributed by atoms with van der Waals surface area (Å²) in [5.74, 6) is -0.805. The summed E-state index contributed by atoms with van der Waals surface area (Å²) >= 11 is 0. The molecule has 0 radical (unpaired) electrons. The molecule has 3 N–H and O–H groups in total. The van der Waals surface area contributed by atoms with Crippen molar-refractivity contribution >= 4 is 17.3 Å². The van der Waals surface area contributed by atoms with Gasteiger partial charge >= 0.3 is 0 Å². The molecule has 0 saturated carbocycles. The number of aromatic amines is 1. The molecule has 1 aromatic heterocycles. The zero-order valence-electron chi connectivity index (χ0n) is 12.7. The fourth-order valence-corrected chi connectivity index (χ4v) is 2.75. The maximum absolute atomic E-state index is 12.1. The van der Waals surface area contributed by atoms with Crippen LogP contribution in [0.3, 0.4) is 0 Å². The van der Waals surface area contributed by atoms with E-state index in [1.807, 2.05) is 24.3 Å². The van der Waals surface area contributed by atoms with Crippen LogP contribution >= 0.6 is 0 Å². The number of aromatic nitrogens is 1. The molecule has 3 rings (SSSR count). The summed E-state index contributed by atoms with van der Waals surface area (Å²) in [6.07, 6.45) is 4.91. The van der Waals surface area contributed by atoms with E-state index in [0.717, 1.165) is 24.8 Å². The molecule has 2 aromatic rings. The summed E-state index contributed by atoms with van der Waals surface area (Å²) in [6, 6.07) is 8.62. The fourth-order valence-electron chi connectivity index (χ4n) is 2.75. The lowest BCUT2D eigenvalue weighted by molar-refractivity contribution is 0.102. The van der Waals surface area contributed by atoms with Gasteiger partial charge in [0, 0.05) is 36.7 Å². The highest BCUT2D eigenvalue weighted by molar-refractivity contribution is 6.05. The van der Waals surface area contributed by atoms with Crippen molar-refractivity contribution in [3.05, 3.63) is 52.4 Å². The minimum absolute atomic E-state index is 0.0321. The number of rotatable bonds is 3. The van der Waals surface area contributed by atoms with Crippen LogP contribution < -0.4 is 15.8 Å². The molecule has 6 nitrogen and oxygen atoms in total. The van der Waals surface area contributed by atoms with Crippen LogP contribution in [-0.4, -0.2) is 29.1 Å². The topological polar surface area (TPSA) is 85.4 Å². The first-order valence-corrected chi connectivity index (χ1v) is 7.71. The molecule has 1 aliphatic rings. The van der Waals surface area contributed by atoms with Crippen molar-refractivity contribution in [2.45, 2.75) is 19.3 Å². The normalized spacial score (nSPS) is 14.5.